The molecule has 0 spiro atoms. The number of benzene rings is 2. The zero-order valence-corrected chi connectivity index (χ0v) is 14.3. The molecule has 0 saturated heterocycles. The topological polar surface area (TPSA) is 68.3 Å². The number of nitrogens with one attached hydrogen (secondary N) is 1. The van der Waals surface area contributed by atoms with E-state index in [2.05, 4.69) is 10.3 Å². The van der Waals surface area contributed by atoms with Crippen LogP contribution in [0.5, 0.6) is 11.6 Å². The van der Waals surface area contributed by atoms with Crippen molar-refractivity contribution < 1.29 is 27.5 Å². The molecule has 0 aliphatic rings. The normalized spacial score (nSPS) is 10.4. The number of hydrogen-bond donors (Lipinski definition) is 1. The van der Waals surface area contributed by atoms with E-state index in [-0.39, 0.29) is 34.9 Å². The van der Waals surface area contributed by atoms with Gasteiger partial charge in [-0.05, 0) is 36.4 Å². The second kappa shape index (κ2) is 8.34. The second-order valence-corrected chi connectivity index (χ2v) is 5.71. The van der Waals surface area contributed by atoms with Gasteiger partial charge in [0.2, 0.25) is 5.88 Å². The molecule has 1 heterocycles. The van der Waals surface area contributed by atoms with Gasteiger partial charge in [0.05, 0.1) is 6.20 Å². The molecule has 0 unspecified atom stereocenters. The summed E-state index contributed by atoms with van der Waals surface area (Å²) < 4.78 is 45.9. The highest BCUT2D eigenvalue weighted by Crippen LogP contribution is 2.24. The van der Waals surface area contributed by atoms with Crippen LogP contribution in [-0.2, 0) is 6.54 Å². The van der Waals surface area contributed by atoms with Gasteiger partial charge >= 0.3 is 0 Å². The molecule has 3 rings (SSSR count). The van der Waals surface area contributed by atoms with Crippen LogP contribution in [0.25, 0.3) is 0 Å². The summed E-state index contributed by atoms with van der Waals surface area (Å²) >= 11 is 0. The molecule has 0 bridgehead atoms. The summed E-state index contributed by atoms with van der Waals surface area (Å²) in [6.45, 7) is -0.198. The molecule has 0 fully saturated rings. The van der Waals surface area contributed by atoms with Gasteiger partial charge in [-0.25, -0.2) is 18.2 Å². The van der Waals surface area contributed by atoms with E-state index in [1.54, 1.807) is 0 Å². The maximum atomic E-state index is 13.9. The first-order chi connectivity index (χ1) is 13.5. The van der Waals surface area contributed by atoms with Gasteiger partial charge in [0.25, 0.3) is 5.91 Å². The third kappa shape index (κ3) is 4.53. The maximum absolute atomic E-state index is 13.9. The molecule has 142 valence electrons. The highest BCUT2D eigenvalue weighted by molar-refractivity contribution is 5.96. The predicted octanol–water partition coefficient (Wildman–Crippen LogP) is 4.03. The lowest BCUT2D eigenvalue weighted by atomic mass is 10.1. The number of aldehydes is 1. The summed E-state index contributed by atoms with van der Waals surface area (Å²) in [4.78, 5) is 26.8. The first-order valence-electron chi connectivity index (χ1n) is 8.07. The van der Waals surface area contributed by atoms with Crippen molar-refractivity contribution >= 4 is 12.2 Å². The third-order valence-corrected chi connectivity index (χ3v) is 3.74. The Balaban J connectivity index is 1.78. The molecule has 8 heteroatoms. The van der Waals surface area contributed by atoms with Gasteiger partial charge in [-0.3, -0.25) is 9.59 Å². The van der Waals surface area contributed by atoms with E-state index < -0.39 is 23.4 Å². The van der Waals surface area contributed by atoms with Crippen LogP contribution in [0.2, 0.25) is 0 Å². The minimum absolute atomic E-state index is 0.143. The predicted molar refractivity (Wildman–Crippen MR) is 93.6 cm³/mol. The summed E-state index contributed by atoms with van der Waals surface area (Å²) in [7, 11) is 0. The van der Waals surface area contributed by atoms with Gasteiger partial charge in [-0.2, -0.15) is 0 Å². The fourth-order valence-corrected chi connectivity index (χ4v) is 2.34. The lowest BCUT2D eigenvalue weighted by Gasteiger charge is -2.11. The lowest BCUT2D eigenvalue weighted by Crippen LogP contribution is -2.24. The molecule has 5 nitrogen and oxygen atoms in total. The minimum Gasteiger partial charge on any atom is -0.438 e. The number of carbonyl (C=O) groups excluding carboxylic acids is 2. The van der Waals surface area contributed by atoms with Crippen molar-refractivity contribution in [3.8, 4) is 11.6 Å². The average molecular weight is 386 g/mol. The molecular formula is C20H13F3N2O3. The molecule has 0 saturated carbocycles. The third-order valence-electron chi connectivity index (χ3n) is 3.74. The van der Waals surface area contributed by atoms with Crippen LogP contribution in [-0.4, -0.2) is 17.2 Å². The molecule has 1 amide bonds. The quantitative estimate of drug-likeness (QED) is 0.650. The smallest absolute Gasteiger partial charge is 0.257 e. The van der Waals surface area contributed by atoms with Crippen LogP contribution in [0.3, 0.4) is 0 Å². The molecule has 0 atom stereocenters. The fourth-order valence-electron chi connectivity index (χ4n) is 2.34. The van der Waals surface area contributed by atoms with Crippen molar-refractivity contribution in [3.63, 3.8) is 0 Å². The van der Waals surface area contributed by atoms with E-state index in [0.29, 0.717) is 6.29 Å². The Morgan fingerprint density at radius 3 is 2.46 bits per heavy atom. The number of hydrogen-bond acceptors (Lipinski definition) is 4. The zero-order chi connectivity index (χ0) is 20.1. The maximum Gasteiger partial charge on any atom is 0.257 e. The van der Waals surface area contributed by atoms with E-state index in [1.165, 1.54) is 24.3 Å². The van der Waals surface area contributed by atoms with Crippen molar-refractivity contribution in [1.29, 1.82) is 0 Å². The molecule has 1 aromatic heterocycles. The van der Waals surface area contributed by atoms with Gasteiger partial charge in [-0.1, -0.05) is 12.1 Å². The van der Waals surface area contributed by atoms with Crippen LogP contribution in [0.1, 0.15) is 26.3 Å². The van der Waals surface area contributed by atoms with Crippen molar-refractivity contribution in [1.82, 2.24) is 10.3 Å². The number of amides is 1. The van der Waals surface area contributed by atoms with E-state index >= 15 is 0 Å². The van der Waals surface area contributed by atoms with Crippen molar-refractivity contribution in [2.24, 2.45) is 0 Å². The van der Waals surface area contributed by atoms with E-state index in [1.807, 2.05) is 0 Å². The largest absolute Gasteiger partial charge is 0.438 e. The Hall–Kier alpha value is -3.68. The molecule has 0 radical (unpaired) electrons. The number of nitrogens with zero attached hydrogens (tertiary/aromatic N) is 1. The number of rotatable bonds is 6. The molecule has 0 aliphatic carbocycles. The van der Waals surface area contributed by atoms with Crippen LogP contribution < -0.4 is 10.1 Å². The molecule has 0 aliphatic heterocycles. The molecule has 28 heavy (non-hydrogen) atoms. The van der Waals surface area contributed by atoms with Crippen LogP contribution in [0.15, 0.2) is 54.7 Å². The number of halogens is 3. The van der Waals surface area contributed by atoms with Gasteiger partial charge in [-0.15, -0.1) is 0 Å². The Morgan fingerprint density at radius 1 is 1.04 bits per heavy atom. The molecule has 1 N–H and O–H groups in total. The van der Waals surface area contributed by atoms with Gasteiger partial charge in [0.1, 0.15) is 35.1 Å². The van der Waals surface area contributed by atoms with Gasteiger partial charge < -0.3 is 10.1 Å². The lowest BCUT2D eigenvalue weighted by molar-refractivity contribution is 0.0946. The monoisotopic (exact) mass is 386 g/mol. The standard InChI is InChI=1S/C20H13F3N2O3/c21-14-3-5-16(6-4-14)28-20-17(8-15(22)10-25-20)19(27)24-9-13-2-1-12(11-26)7-18(13)23/h1-8,10-11H,9H2,(H,24,27). The first kappa shape index (κ1) is 19.1. The SMILES string of the molecule is O=Cc1ccc(CNC(=O)c2cc(F)cnc2Oc2ccc(F)cc2)c(F)c1. The highest BCUT2D eigenvalue weighted by Gasteiger charge is 2.17. The fraction of sp³-hybridized carbons (Fsp3) is 0.0500. The van der Waals surface area contributed by atoms with Gasteiger partial charge in [0, 0.05) is 17.7 Å². The summed E-state index contributed by atoms with van der Waals surface area (Å²) in [5, 5.41) is 2.44. The van der Waals surface area contributed by atoms with Crippen LogP contribution >= 0.6 is 0 Å². The van der Waals surface area contributed by atoms with E-state index in [0.717, 1.165) is 30.5 Å². The van der Waals surface area contributed by atoms with Crippen molar-refractivity contribution in [2.45, 2.75) is 6.54 Å². The average Bonchev–Trinajstić information content (AvgIpc) is 2.69. The minimum atomic E-state index is -0.766. The number of carbonyl (C=O) groups is 2. The molecular weight excluding hydrogens is 373 g/mol. The number of ether oxygens (including phenoxy) is 1. The Bertz CT molecular complexity index is 1020. The Labute approximate surface area is 157 Å². The van der Waals surface area contributed by atoms with Crippen LogP contribution in [0.4, 0.5) is 13.2 Å². The summed E-state index contributed by atoms with van der Waals surface area (Å²) in [5.41, 5.74) is 0.0930. The van der Waals surface area contributed by atoms with Gasteiger partial charge in [0.15, 0.2) is 0 Å². The van der Waals surface area contributed by atoms with Crippen LogP contribution in [0, 0.1) is 17.5 Å². The first-order valence-corrected chi connectivity index (χ1v) is 8.07. The number of aromatic nitrogens is 1. The molecule has 2 aromatic carbocycles. The zero-order valence-electron chi connectivity index (χ0n) is 14.3. The summed E-state index contributed by atoms with van der Waals surface area (Å²) in [6, 6.07) is 9.70. The summed E-state index contributed by atoms with van der Waals surface area (Å²) in [6.07, 6.45) is 1.37. The Morgan fingerprint density at radius 2 is 1.79 bits per heavy atom. The van der Waals surface area contributed by atoms with E-state index in [4.69, 9.17) is 4.74 Å². The summed E-state index contributed by atoms with van der Waals surface area (Å²) in [5.74, 6) is -2.64. The van der Waals surface area contributed by atoms with Crippen molar-refractivity contribution in [2.75, 3.05) is 0 Å². The Kier molecular flexibility index (Phi) is 5.69. The number of pyridine rings is 1. The highest BCUT2D eigenvalue weighted by atomic mass is 19.1. The van der Waals surface area contributed by atoms with E-state index in [9.17, 15) is 22.8 Å². The molecule has 3 aromatic rings. The second-order valence-electron chi connectivity index (χ2n) is 5.71. The van der Waals surface area contributed by atoms with Crippen molar-refractivity contribution in [3.05, 3.63) is 88.9 Å².